The zero-order valence-electron chi connectivity index (χ0n) is 19.6. The van der Waals surface area contributed by atoms with Gasteiger partial charge in [0.05, 0.1) is 19.0 Å². The Morgan fingerprint density at radius 3 is 2.53 bits per heavy atom. The maximum atomic E-state index is 6.82. The second kappa shape index (κ2) is 9.05. The zero-order valence-corrected chi connectivity index (χ0v) is 20.4. The third kappa shape index (κ3) is 3.87. The van der Waals surface area contributed by atoms with Crippen LogP contribution < -0.4 is 21.1 Å². The number of methoxy groups -OCH3 is 1. The number of halogens is 1. The van der Waals surface area contributed by atoms with Crippen molar-refractivity contribution in [1.82, 2.24) is 19.4 Å². The summed E-state index contributed by atoms with van der Waals surface area (Å²) in [5.74, 6) is 0.835. The molecule has 0 saturated carbocycles. The van der Waals surface area contributed by atoms with Gasteiger partial charge in [0.25, 0.3) is 0 Å². The number of benzene rings is 2. The lowest BCUT2D eigenvalue weighted by molar-refractivity contribution is 0.159. The standard InChI is InChI=1S/C25H30ClN7O/c1-30-12-18(16-7-5-4-6-8-16)23-19(13-30)24(27)31(2)25(28)33(23)17-9-10-20(21(11-17)34-3)32-14-22(26)29-15-32/h4-11,14-15,18,24-25H,12-13,27-28H2,1-3H3. The van der Waals surface area contributed by atoms with Crippen LogP contribution in [0.15, 0.2) is 72.3 Å². The molecule has 0 aliphatic carbocycles. The highest BCUT2D eigenvalue weighted by molar-refractivity contribution is 6.29. The monoisotopic (exact) mass is 479 g/mol. The molecule has 2 aliphatic heterocycles. The maximum Gasteiger partial charge on any atom is 0.147 e. The SMILES string of the molecule is COc1cc(N2C3=C(CN(C)CC3c3ccccc3)C(N)N(C)C2N)ccc1-n1cnc(Cl)c1. The van der Waals surface area contributed by atoms with E-state index in [0.717, 1.165) is 24.5 Å². The van der Waals surface area contributed by atoms with Gasteiger partial charge < -0.3 is 24.8 Å². The highest BCUT2D eigenvalue weighted by atomic mass is 35.5. The van der Waals surface area contributed by atoms with E-state index >= 15 is 0 Å². The van der Waals surface area contributed by atoms with Crippen LogP contribution in [0.5, 0.6) is 5.75 Å². The third-order valence-electron chi connectivity index (χ3n) is 6.80. The van der Waals surface area contributed by atoms with E-state index in [2.05, 4.69) is 52.2 Å². The summed E-state index contributed by atoms with van der Waals surface area (Å²) in [4.78, 5) is 10.7. The molecule has 0 radical (unpaired) electrons. The molecule has 0 fully saturated rings. The Balaban J connectivity index is 1.66. The smallest absolute Gasteiger partial charge is 0.147 e. The summed E-state index contributed by atoms with van der Waals surface area (Å²) >= 11 is 6.05. The van der Waals surface area contributed by atoms with Gasteiger partial charge in [-0.05, 0) is 37.4 Å². The fraction of sp³-hybridized carbons (Fsp3) is 0.320. The van der Waals surface area contributed by atoms with Gasteiger partial charge in [0, 0.05) is 42.7 Å². The summed E-state index contributed by atoms with van der Waals surface area (Å²) in [5, 5.41) is 0.423. The fourth-order valence-electron chi connectivity index (χ4n) is 5.06. The lowest BCUT2D eigenvalue weighted by Crippen LogP contribution is -2.65. The highest BCUT2D eigenvalue weighted by Crippen LogP contribution is 2.42. The van der Waals surface area contributed by atoms with E-state index in [4.69, 9.17) is 27.8 Å². The minimum Gasteiger partial charge on any atom is -0.494 e. The summed E-state index contributed by atoms with van der Waals surface area (Å²) in [5.41, 5.74) is 18.9. The van der Waals surface area contributed by atoms with Gasteiger partial charge in [-0.25, -0.2) is 4.98 Å². The summed E-state index contributed by atoms with van der Waals surface area (Å²) < 4.78 is 7.61. The molecule has 0 saturated heterocycles. The molecule has 1 aromatic heterocycles. The topological polar surface area (TPSA) is 88.8 Å². The number of rotatable bonds is 4. The average molecular weight is 480 g/mol. The van der Waals surface area contributed by atoms with Crippen molar-refractivity contribution in [1.29, 1.82) is 0 Å². The van der Waals surface area contributed by atoms with Gasteiger partial charge in [-0.15, -0.1) is 0 Å². The third-order valence-corrected chi connectivity index (χ3v) is 7.00. The fourth-order valence-corrected chi connectivity index (χ4v) is 5.21. The molecule has 0 amide bonds. The number of nitrogens with two attached hydrogens (primary N) is 2. The van der Waals surface area contributed by atoms with Crippen LogP contribution in [0.3, 0.4) is 0 Å². The molecule has 2 aromatic carbocycles. The Bertz CT molecular complexity index is 1210. The van der Waals surface area contributed by atoms with Gasteiger partial charge in [0.2, 0.25) is 0 Å². The molecule has 3 unspecified atom stereocenters. The molecule has 2 aliphatic rings. The molecule has 9 heteroatoms. The minimum absolute atomic E-state index is 0.138. The van der Waals surface area contributed by atoms with Crippen LogP contribution in [0.25, 0.3) is 5.69 Å². The Morgan fingerprint density at radius 2 is 1.85 bits per heavy atom. The van der Waals surface area contributed by atoms with E-state index in [1.165, 1.54) is 16.8 Å². The molecule has 0 spiro atoms. The highest BCUT2D eigenvalue weighted by Gasteiger charge is 2.42. The molecule has 3 aromatic rings. The molecule has 3 heterocycles. The van der Waals surface area contributed by atoms with E-state index in [9.17, 15) is 0 Å². The van der Waals surface area contributed by atoms with Crippen molar-refractivity contribution in [2.24, 2.45) is 11.5 Å². The number of hydrogen-bond donors (Lipinski definition) is 2. The molecule has 4 N–H and O–H groups in total. The number of likely N-dealkylation sites (N-methyl/N-ethyl adjacent to an activating group) is 2. The van der Waals surface area contributed by atoms with Crippen molar-refractivity contribution >= 4 is 17.3 Å². The van der Waals surface area contributed by atoms with Crippen LogP contribution in [-0.2, 0) is 0 Å². The van der Waals surface area contributed by atoms with Crippen LogP contribution in [0.2, 0.25) is 5.15 Å². The van der Waals surface area contributed by atoms with Gasteiger partial charge in [-0.1, -0.05) is 41.9 Å². The first-order valence-corrected chi connectivity index (χ1v) is 11.6. The second-order valence-corrected chi connectivity index (χ2v) is 9.31. The number of ether oxygens (including phenoxy) is 1. The van der Waals surface area contributed by atoms with E-state index in [1.54, 1.807) is 19.6 Å². The van der Waals surface area contributed by atoms with Gasteiger partial charge in [0.1, 0.15) is 23.5 Å². The predicted octanol–water partition coefficient (Wildman–Crippen LogP) is 2.80. The van der Waals surface area contributed by atoms with Crippen molar-refractivity contribution < 1.29 is 4.74 Å². The van der Waals surface area contributed by atoms with E-state index < -0.39 is 6.29 Å². The van der Waals surface area contributed by atoms with Crippen molar-refractivity contribution in [3.05, 3.63) is 83.0 Å². The minimum atomic E-state index is -0.429. The number of hydrogen-bond acceptors (Lipinski definition) is 7. The first-order chi connectivity index (χ1) is 16.4. The van der Waals surface area contributed by atoms with Gasteiger partial charge in [-0.3, -0.25) is 10.6 Å². The molecule has 3 atom stereocenters. The Labute approximate surface area is 205 Å². The quantitative estimate of drug-likeness (QED) is 0.594. The largest absolute Gasteiger partial charge is 0.494 e. The normalized spacial score (nSPS) is 23.8. The van der Waals surface area contributed by atoms with Crippen molar-refractivity contribution in [3.8, 4) is 11.4 Å². The molecular formula is C25H30ClN7O. The first kappa shape index (κ1) is 22.9. The molecule has 34 heavy (non-hydrogen) atoms. The predicted molar refractivity (Wildman–Crippen MR) is 135 cm³/mol. The average Bonchev–Trinajstić information content (AvgIpc) is 3.29. The lowest BCUT2D eigenvalue weighted by atomic mass is 9.85. The molecule has 0 bridgehead atoms. The van der Waals surface area contributed by atoms with Crippen molar-refractivity contribution in [2.75, 3.05) is 39.2 Å². The number of imidazole rings is 1. The van der Waals surface area contributed by atoms with Crippen molar-refractivity contribution in [3.63, 3.8) is 0 Å². The number of anilines is 1. The Morgan fingerprint density at radius 1 is 1.09 bits per heavy atom. The summed E-state index contributed by atoms with van der Waals surface area (Å²) in [6, 6.07) is 16.6. The van der Waals surface area contributed by atoms with Gasteiger partial charge in [-0.2, -0.15) is 0 Å². The second-order valence-electron chi connectivity index (χ2n) is 8.92. The number of nitrogens with zero attached hydrogens (tertiary/aromatic N) is 5. The van der Waals surface area contributed by atoms with Crippen LogP contribution in [0, 0.1) is 0 Å². The van der Waals surface area contributed by atoms with Crippen molar-refractivity contribution in [2.45, 2.75) is 18.4 Å². The Kier molecular flexibility index (Phi) is 6.09. The maximum absolute atomic E-state index is 6.82. The van der Waals surface area contributed by atoms with Crippen LogP contribution in [0.1, 0.15) is 11.5 Å². The molecule has 178 valence electrons. The van der Waals surface area contributed by atoms with Gasteiger partial charge >= 0.3 is 0 Å². The van der Waals surface area contributed by atoms with E-state index in [0.29, 0.717) is 10.9 Å². The summed E-state index contributed by atoms with van der Waals surface area (Å²) in [6.45, 7) is 1.67. The van der Waals surface area contributed by atoms with Crippen LogP contribution >= 0.6 is 11.6 Å². The summed E-state index contributed by atoms with van der Waals surface area (Å²) in [6.07, 6.45) is 2.73. The number of aromatic nitrogens is 2. The molecular weight excluding hydrogens is 450 g/mol. The zero-order chi connectivity index (χ0) is 24.0. The van der Waals surface area contributed by atoms with Gasteiger partial charge in [0.15, 0.2) is 0 Å². The molecule has 5 rings (SSSR count). The van der Waals surface area contributed by atoms with E-state index in [-0.39, 0.29) is 12.1 Å². The van der Waals surface area contributed by atoms with Crippen LogP contribution in [-0.4, -0.2) is 66.1 Å². The Hall–Kier alpha value is -2.88. The van der Waals surface area contributed by atoms with E-state index in [1.807, 2.05) is 34.7 Å². The lowest BCUT2D eigenvalue weighted by Gasteiger charge is -2.52. The molecule has 8 nitrogen and oxygen atoms in total. The van der Waals surface area contributed by atoms with Crippen LogP contribution in [0.4, 0.5) is 5.69 Å². The summed E-state index contributed by atoms with van der Waals surface area (Å²) in [7, 11) is 5.77. The first-order valence-electron chi connectivity index (χ1n) is 11.3.